The molecule has 0 unspecified atom stereocenters. The first-order chi connectivity index (χ1) is 8.90. The van der Waals surface area contributed by atoms with Crippen LogP contribution in [0.1, 0.15) is 54.0 Å². The van der Waals surface area contributed by atoms with Gasteiger partial charge in [-0.2, -0.15) is 0 Å². The Hall–Kier alpha value is -0.940. The Kier molecular flexibility index (Phi) is 4.26. The Morgan fingerprint density at radius 2 is 2.16 bits per heavy atom. The van der Waals surface area contributed by atoms with Crippen molar-refractivity contribution in [1.82, 2.24) is 9.88 Å². The molecular formula is C14H22N2O2S. The van der Waals surface area contributed by atoms with Crippen LogP contribution in [-0.2, 0) is 4.74 Å². The van der Waals surface area contributed by atoms with Gasteiger partial charge in [-0.25, -0.2) is 4.98 Å². The molecule has 0 aliphatic carbocycles. The lowest BCUT2D eigenvalue weighted by atomic mass is 10.2. The minimum Gasteiger partial charge on any atom is -0.375 e. The van der Waals surface area contributed by atoms with Crippen molar-refractivity contribution >= 4 is 17.2 Å². The third-order valence-electron chi connectivity index (χ3n) is 3.37. The molecule has 1 aromatic heterocycles. The lowest BCUT2D eigenvalue weighted by Crippen LogP contribution is -2.50. The van der Waals surface area contributed by atoms with Gasteiger partial charge < -0.3 is 9.64 Å². The maximum Gasteiger partial charge on any atom is 0.266 e. The predicted molar refractivity (Wildman–Crippen MR) is 76.9 cm³/mol. The molecule has 2 atom stereocenters. The average Bonchev–Trinajstić information content (AvgIpc) is 2.74. The van der Waals surface area contributed by atoms with Gasteiger partial charge >= 0.3 is 0 Å². The number of nitrogens with zero attached hydrogens (tertiary/aromatic N) is 2. The van der Waals surface area contributed by atoms with Gasteiger partial charge in [0.25, 0.3) is 5.91 Å². The van der Waals surface area contributed by atoms with Crippen LogP contribution in [0.3, 0.4) is 0 Å². The van der Waals surface area contributed by atoms with Crippen LogP contribution in [0.5, 0.6) is 0 Å². The van der Waals surface area contributed by atoms with Crippen LogP contribution in [0.25, 0.3) is 0 Å². The molecule has 0 bridgehead atoms. The Labute approximate surface area is 118 Å². The van der Waals surface area contributed by atoms with Crippen molar-refractivity contribution in [3.05, 3.63) is 15.6 Å². The van der Waals surface area contributed by atoms with E-state index in [9.17, 15) is 4.79 Å². The zero-order chi connectivity index (χ0) is 14.2. The fourth-order valence-corrected chi connectivity index (χ4v) is 3.20. The summed E-state index contributed by atoms with van der Waals surface area (Å²) in [4.78, 5) is 19.9. The summed E-state index contributed by atoms with van der Waals surface area (Å²) in [6, 6.07) is 0.132. The summed E-state index contributed by atoms with van der Waals surface area (Å²) in [5, 5.41) is 1.04. The number of aryl methyl sites for hydroxylation is 1. The number of carbonyl (C=O) groups excluding carboxylic acids is 1. The highest BCUT2D eigenvalue weighted by molar-refractivity contribution is 7.13. The van der Waals surface area contributed by atoms with Crippen molar-refractivity contribution in [3.63, 3.8) is 0 Å². The van der Waals surface area contributed by atoms with Gasteiger partial charge in [-0.05, 0) is 20.8 Å². The number of thiazole rings is 1. The van der Waals surface area contributed by atoms with Crippen LogP contribution >= 0.6 is 11.3 Å². The van der Waals surface area contributed by atoms with E-state index in [0.29, 0.717) is 19.1 Å². The Morgan fingerprint density at radius 1 is 1.47 bits per heavy atom. The van der Waals surface area contributed by atoms with Gasteiger partial charge in [0.15, 0.2) is 0 Å². The second-order valence-corrected chi connectivity index (χ2v) is 6.60. The molecule has 1 amide bonds. The van der Waals surface area contributed by atoms with Crippen molar-refractivity contribution < 1.29 is 9.53 Å². The van der Waals surface area contributed by atoms with Crippen molar-refractivity contribution in [3.8, 4) is 0 Å². The molecule has 1 aliphatic rings. The van der Waals surface area contributed by atoms with E-state index in [1.807, 2.05) is 25.7 Å². The molecule has 0 aromatic carbocycles. The van der Waals surface area contributed by atoms with Crippen molar-refractivity contribution in [1.29, 1.82) is 0 Å². The Morgan fingerprint density at radius 3 is 2.74 bits per heavy atom. The van der Waals surface area contributed by atoms with Crippen LogP contribution < -0.4 is 0 Å². The summed E-state index contributed by atoms with van der Waals surface area (Å²) in [6.45, 7) is 11.4. The zero-order valence-corrected chi connectivity index (χ0v) is 13.1. The van der Waals surface area contributed by atoms with Crippen LogP contribution in [-0.4, -0.2) is 41.1 Å². The maximum atomic E-state index is 12.7. The number of amides is 1. The van der Waals surface area contributed by atoms with Crippen LogP contribution in [0.2, 0.25) is 0 Å². The zero-order valence-electron chi connectivity index (χ0n) is 12.3. The highest BCUT2D eigenvalue weighted by Crippen LogP contribution is 2.27. The van der Waals surface area contributed by atoms with E-state index >= 15 is 0 Å². The predicted octanol–water partition coefficient (Wildman–Crippen LogP) is 2.82. The number of morpholine rings is 1. The number of carbonyl (C=O) groups is 1. The van der Waals surface area contributed by atoms with E-state index in [1.54, 1.807) is 0 Å². The van der Waals surface area contributed by atoms with Gasteiger partial charge in [0, 0.05) is 12.5 Å². The quantitative estimate of drug-likeness (QED) is 0.837. The first-order valence-electron chi connectivity index (χ1n) is 6.80. The number of ether oxygens (including phenoxy) is 1. The number of rotatable bonds is 2. The lowest BCUT2D eigenvalue weighted by molar-refractivity contribution is -0.0385. The molecule has 106 valence electrons. The Balaban J connectivity index is 2.23. The SMILES string of the molecule is Cc1nc(C(C)C)sc1C(=O)N1C[C@@H](C)OC[C@H]1C. The summed E-state index contributed by atoms with van der Waals surface area (Å²) in [5.74, 6) is 0.468. The standard InChI is InChI=1S/C14H22N2O2S/c1-8(2)13-15-11(5)12(19-13)14(17)16-6-10(4)18-7-9(16)3/h8-10H,6-7H2,1-5H3/t9-,10-/m1/s1. The summed E-state index contributed by atoms with van der Waals surface area (Å²) in [7, 11) is 0. The first-order valence-corrected chi connectivity index (χ1v) is 7.61. The van der Waals surface area contributed by atoms with Gasteiger partial charge in [0.05, 0.1) is 29.5 Å². The fraction of sp³-hybridized carbons (Fsp3) is 0.714. The second-order valence-electron chi connectivity index (χ2n) is 5.57. The lowest BCUT2D eigenvalue weighted by Gasteiger charge is -2.36. The molecule has 19 heavy (non-hydrogen) atoms. The van der Waals surface area contributed by atoms with Crippen LogP contribution in [0, 0.1) is 6.92 Å². The van der Waals surface area contributed by atoms with Gasteiger partial charge in [-0.3, -0.25) is 4.79 Å². The molecule has 0 N–H and O–H groups in total. The van der Waals surface area contributed by atoms with Gasteiger partial charge in [-0.15, -0.1) is 11.3 Å². The second kappa shape index (κ2) is 5.59. The van der Waals surface area contributed by atoms with Gasteiger partial charge in [0.2, 0.25) is 0 Å². The topological polar surface area (TPSA) is 42.4 Å². The molecule has 4 nitrogen and oxygen atoms in total. The third kappa shape index (κ3) is 2.98. The van der Waals surface area contributed by atoms with Crippen molar-refractivity contribution in [2.24, 2.45) is 0 Å². The molecule has 1 saturated heterocycles. The van der Waals surface area contributed by atoms with Crippen molar-refractivity contribution in [2.75, 3.05) is 13.2 Å². The summed E-state index contributed by atoms with van der Waals surface area (Å²) in [6.07, 6.45) is 0.109. The number of hydrogen-bond acceptors (Lipinski definition) is 4. The van der Waals surface area contributed by atoms with E-state index in [-0.39, 0.29) is 18.1 Å². The van der Waals surface area contributed by atoms with Gasteiger partial charge in [-0.1, -0.05) is 13.8 Å². The molecule has 0 spiro atoms. The molecule has 0 saturated carbocycles. The minimum atomic E-state index is 0.101. The van der Waals surface area contributed by atoms with E-state index in [2.05, 4.69) is 18.8 Å². The van der Waals surface area contributed by atoms with E-state index < -0.39 is 0 Å². The monoisotopic (exact) mass is 282 g/mol. The molecule has 0 radical (unpaired) electrons. The molecule has 1 aliphatic heterocycles. The molecule has 1 fully saturated rings. The molecule has 2 heterocycles. The fourth-order valence-electron chi connectivity index (χ4n) is 2.18. The Bertz CT molecular complexity index is 470. The van der Waals surface area contributed by atoms with E-state index in [1.165, 1.54) is 11.3 Å². The normalized spacial score (nSPS) is 24.0. The molecule has 5 heteroatoms. The summed E-state index contributed by atoms with van der Waals surface area (Å²) in [5.41, 5.74) is 0.852. The molecule has 1 aromatic rings. The smallest absolute Gasteiger partial charge is 0.266 e. The molecule has 2 rings (SSSR count). The number of aromatic nitrogens is 1. The first kappa shape index (κ1) is 14.5. The van der Waals surface area contributed by atoms with E-state index in [4.69, 9.17) is 4.74 Å². The van der Waals surface area contributed by atoms with Crippen molar-refractivity contribution in [2.45, 2.75) is 52.7 Å². The highest BCUT2D eigenvalue weighted by atomic mass is 32.1. The van der Waals surface area contributed by atoms with Crippen LogP contribution in [0.15, 0.2) is 0 Å². The summed E-state index contributed by atoms with van der Waals surface area (Å²) < 4.78 is 5.57. The number of hydrogen-bond donors (Lipinski definition) is 0. The van der Waals surface area contributed by atoms with E-state index in [0.717, 1.165) is 15.6 Å². The third-order valence-corrected chi connectivity index (χ3v) is 4.82. The largest absolute Gasteiger partial charge is 0.375 e. The minimum absolute atomic E-state index is 0.101. The molecular weight excluding hydrogens is 260 g/mol. The van der Waals surface area contributed by atoms with Gasteiger partial charge in [0.1, 0.15) is 4.88 Å². The van der Waals surface area contributed by atoms with Crippen LogP contribution in [0.4, 0.5) is 0 Å². The summed E-state index contributed by atoms with van der Waals surface area (Å²) >= 11 is 1.53. The highest BCUT2D eigenvalue weighted by Gasteiger charge is 2.30. The average molecular weight is 282 g/mol. The maximum absolute atomic E-state index is 12.7.